The van der Waals surface area contributed by atoms with Crippen molar-refractivity contribution in [3.05, 3.63) is 16.1 Å². The highest BCUT2D eigenvalue weighted by Gasteiger charge is 2.19. The molecule has 0 aromatic carbocycles. The maximum absolute atomic E-state index is 11.7. The van der Waals surface area contributed by atoms with Crippen molar-refractivity contribution in [2.45, 2.75) is 13.3 Å². The largest absolute Gasteiger partial charge is 0.480 e. The van der Waals surface area contributed by atoms with Gasteiger partial charge in [0.1, 0.15) is 13.1 Å². The Balaban J connectivity index is 2.44. The van der Waals surface area contributed by atoms with Crippen molar-refractivity contribution in [3.63, 3.8) is 0 Å². The molecule has 3 N–H and O–H groups in total. The average Bonchev–Trinajstić information content (AvgIpc) is 2.73. The summed E-state index contributed by atoms with van der Waals surface area (Å²) in [6.45, 7) is 0.810. The van der Waals surface area contributed by atoms with Gasteiger partial charge in [-0.15, -0.1) is 11.3 Å². The molecule has 0 aliphatic rings. The highest BCUT2D eigenvalue weighted by molar-refractivity contribution is 7.09. The van der Waals surface area contributed by atoms with E-state index in [-0.39, 0.29) is 6.54 Å². The van der Waals surface area contributed by atoms with Gasteiger partial charge in [0, 0.05) is 24.0 Å². The van der Waals surface area contributed by atoms with Gasteiger partial charge in [0.2, 0.25) is 0 Å². The van der Waals surface area contributed by atoms with Crippen LogP contribution in [0.4, 0.5) is 4.79 Å². The number of carbonyl (C=O) groups is 3. The van der Waals surface area contributed by atoms with Gasteiger partial charge in [-0.2, -0.15) is 0 Å². The van der Waals surface area contributed by atoms with Crippen molar-refractivity contribution in [2.24, 2.45) is 0 Å². The first-order valence-electron chi connectivity index (χ1n) is 5.76. The second kappa shape index (κ2) is 7.43. The molecule has 1 rings (SSSR count). The molecule has 0 atom stereocenters. The molecular formula is C11H15N3O5S. The highest BCUT2D eigenvalue weighted by Crippen LogP contribution is 2.08. The van der Waals surface area contributed by atoms with Gasteiger partial charge in [-0.3, -0.25) is 9.59 Å². The van der Waals surface area contributed by atoms with Crippen LogP contribution >= 0.6 is 11.3 Å². The Labute approximate surface area is 119 Å². The van der Waals surface area contributed by atoms with Crippen LogP contribution in [-0.4, -0.2) is 57.7 Å². The zero-order valence-electron chi connectivity index (χ0n) is 10.8. The van der Waals surface area contributed by atoms with E-state index < -0.39 is 31.1 Å². The van der Waals surface area contributed by atoms with Crippen molar-refractivity contribution < 1.29 is 24.6 Å². The number of carbonyl (C=O) groups excluding carboxylic acids is 1. The smallest absolute Gasteiger partial charge is 0.323 e. The summed E-state index contributed by atoms with van der Waals surface area (Å²) in [7, 11) is 0. The molecule has 8 nitrogen and oxygen atoms in total. The van der Waals surface area contributed by atoms with Crippen LogP contribution in [-0.2, 0) is 16.0 Å². The Morgan fingerprint density at radius 2 is 1.90 bits per heavy atom. The van der Waals surface area contributed by atoms with Gasteiger partial charge < -0.3 is 20.4 Å². The third-order valence-electron chi connectivity index (χ3n) is 2.22. The fraction of sp³-hybridized carbons (Fsp3) is 0.455. The molecular weight excluding hydrogens is 286 g/mol. The minimum Gasteiger partial charge on any atom is -0.480 e. The van der Waals surface area contributed by atoms with Gasteiger partial charge >= 0.3 is 18.0 Å². The third kappa shape index (κ3) is 5.65. The van der Waals surface area contributed by atoms with E-state index in [1.54, 1.807) is 0 Å². The number of urea groups is 1. The van der Waals surface area contributed by atoms with E-state index in [0.29, 0.717) is 6.42 Å². The highest BCUT2D eigenvalue weighted by atomic mass is 32.1. The maximum Gasteiger partial charge on any atom is 0.323 e. The number of hydrogen-bond donors (Lipinski definition) is 3. The number of nitrogens with one attached hydrogen (secondary N) is 1. The molecule has 0 fully saturated rings. The van der Waals surface area contributed by atoms with Crippen LogP contribution < -0.4 is 5.32 Å². The monoisotopic (exact) mass is 301 g/mol. The number of aryl methyl sites for hydroxylation is 1. The molecule has 1 aromatic heterocycles. The van der Waals surface area contributed by atoms with E-state index in [9.17, 15) is 14.4 Å². The van der Waals surface area contributed by atoms with E-state index in [4.69, 9.17) is 10.2 Å². The lowest BCUT2D eigenvalue weighted by Gasteiger charge is -2.18. The SMILES string of the molecule is Cc1csc(CCNC(=O)N(CC(=O)O)CC(=O)O)n1. The zero-order valence-corrected chi connectivity index (χ0v) is 11.6. The average molecular weight is 301 g/mol. The summed E-state index contributed by atoms with van der Waals surface area (Å²) < 4.78 is 0. The Morgan fingerprint density at radius 1 is 1.30 bits per heavy atom. The van der Waals surface area contributed by atoms with Gasteiger partial charge in [0.15, 0.2) is 0 Å². The third-order valence-corrected chi connectivity index (χ3v) is 3.25. The van der Waals surface area contributed by atoms with Gasteiger partial charge in [0.05, 0.1) is 5.01 Å². The minimum atomic E-state index is -1.27. The summed E-state index contributed by atoms with van der Waals surface area (Å²) in [5, 5.41) is 22.5. The van der Waals surface area contributed by atoms with Crippen molar-refractivity contribution in [1.82, 2.24) is 15.2 Å². The molecule has 2 amide bonds. The molecule has 0 aliphatic heterocycles. The quantitative estimate of drug-likeness (QED) is 0.660. The van der Waals surface area contributed by atoms with Gasteiger partial charge in [-0.1, -0.05) is 0 Å². The van der Waals surface area contributed by atoms with E-state index >= 15 is 0 Å². The summed E-state index contributed by atoms with van der Waals surface area (Å²) in [6.07, 6.45) is 0.512. The summed E-state index contributed by atoms with van der Waals surface area (Å²) in [4.78, 5) is 37.8. The molecule has 1 heterocycles. The van der Waals surface area contributed by atoms with Crippen LogP contribution in [0, 0.1) is 6.92 Å². The summed E-state index contributed by atoms with van der Waals surface area (Å²) in [5.74, 6) is -2.53. The first-order valence-corrected chi connectivity index (χ1v) is 6.64. The van der Waals surface area contributed by atoms with E-state index in [1.807, 2.05) is 12.3 Å². The number of aromatic nitrogens is 1. The number of amides is 2. The van der Waals surface area contributed by atoms with Crippen LogP contribution in [0.1, 0.15) is 10.7 Å². The second-order valence-corrected chi connectivity index (χ2v) is 4.95. The normalized spacial score (nSPS) is 10.1. The number of nitrogens with zero attached hydrogens (tertiary/aromatic N) is 2. The van der Waals surface area contributed by atoms with Crippen molar-refractivity contribution in [3.8, 4) is 0 Å². The van der Waals surface area contributed by atoms with Gasteiger partial charge in [-0.25, -0.2) is 9.78 Å². The number of hydrogen-bond acceptors (Lipinski definition) is 5. The summed E-state index contributed by atoms with van der Waals surface area (Å²) in [5.41, 5.74) is 0.898. The molecule has 0 radical (unpaired) electrons. The number of carboxylic acids is 2. The Kier molecular flexibility index (Phi) is 5.91. The maximum atomic E-state index is 11.7. The molecule has 0 saturated heterocycles. The molecule has 0 unspecified atom stereocenters. The van der Waals surface area contributed by atoms with Gasteiger partial charge in [0.25, 0.3) is 0 Å². The molecule has 110 valence electrons. The fourth-order valence-corrected chi connectivity index (χ4v) is 2.21. The summed E-state index contributed by atoms with van der Waals surface area (Å²) in [6, 6.07) is -0.719. The second-order valence-electron chi connectivity index (χ2n) is 4.01. The molecule has 20 heavy (non-hydrogen) atoms. The predicted molar refractivity (Wildman–Crippen MR) is 70.8 cm³/mol. The zero-order chi connectivity index (χ0) is 15.1. The molecule has 1 aromatic rings. The lowest BCUT2D eigenvalue weighted by atomic mass is 10.4. The van der Waals surface area contributed by atoms with E-state index in [2.05, 4.69) is 10.3 Å². The summed E-state index contributed by atoms with van der Waals surface area (Å²) >= 11 is 1.47. The number of rotatable bonds is 7. The molecule has 9 heteroatoms. The number of thiazole rings is 1. The first-order chi connectivity index (χ1) is 9.38. The van der Waals surface area contributed by atoms with Crippen molar-refractivity contribution in [2.75, 3.05) is 19.6 Å². The minimum absolute atomic E-state index is 0.265. The van der Waals surface area contributed by atoms with Crippen LogP contribution in [0.5, 0.6) is 0 Å². The standard InChI is InChI=1S/C11H15N3O5S/c1-7-6-20-8(13-7)2-3-12-11(19)14(4-9(15)16)5-10(17)18/h6H,2-5H2,1H3,(H,12,19)(H,15,16)(H,17,18). The van der Waals surface area contributed by atoms with Crippen LogP contribution in [0.2, 0.25) is 0 Å². The Hall–Kier alpha value is -2.16. The lowest BCUT2D eigenvalue weighted by molar-refractivity contribution is -0.140. The topological polar surface area (TPSA) is 120 Å². The lowest BCUT2D eigenvalue weighted by Crippen LogP contribution is -2.45. The number of aliphatic carboxylic acids is 2. The van der Waals surface area contributed by atoms with Crippen LogP contribution in [0.3, 0.4) is 0 Å². The Bertz CT molecular complexity index is 486. The van der Waals surface area contributed by atoms with Crippen molar-refractivity contribution >= 4 is 29.3 Å². The molecule has 0 spiro atoms. The first kappa shape index (κ1) is 15.9. The van der Waals surface area contributed by atoms with Crippen molar-refractivity contribution in [1.29, 1.82) is 0 Å². The van der Waals surface area contributed by atoms with Crippen LogP contribution in [0.25, 0.3) is 0 Å². The number of carboxylic acid groups (broad SMARTS) is 2. The van der Waals surface area contributed by atoms with Crippen LogP contribution in [0.15, 0.2) is 5.38 Å². The predicted octanol–water partition coefficient (Wildman–Crippen LogP) is 0.175. The van der Waals surface area contributed by atoms with E-state index in [0.717, 1.165) is 15.6 Å². The van der Waals surface area contributed by atoms with E-state index in [1.165, 1.54) is 11.3 Å². The molecule has 0 aliphatic carbocycles. The fourth-order valence-electron chi connectivity index (χ4n) is 1.43. The van der Waals surface area contributed by atoms with Gasteiger partial charge in [-0.05, 0) is 6.92 Å². The Morgan fingerprint density at radius 3 is 2.35 bits per heavy atom. The molecule has 0 bridgehead atoms. The molecule has 0 saturated carbocycles.